The summed E-state index contributed by atoms with van der Waals surface area (Å²) in [7, 11) is -2.53. The maximum absolute atomic E-state index is 14.4. The van der Waals surface area contributed by atoms with Crippen molar-refractivity contribution in [1.82, 2.24) is 9.80 Å². The van der Waals surface area contributed by atoms with Crippen LogP contribution in [0.2, 0.25) is 0 Å². The highest BCUT2D eigenvalue weighted by Gasteiger charge is 2.68. The maximum Gasteiger partial charge on any atom is 0.266 e. The zero-order chi connectivity index (χ0) is 29.6. The van der Waals surface area contributed by atoms with Crippen molar-refractivity contribution in [3.05, 3.63) is 100 Å². The molecule has 42 heavy (non-hydrogen) atoms. The number of para-hydroxylation sites is 1. The van der Waals surface area contributed by atoms with Crippen molar-refractivity contribution >= 4 is 27.5 Å². The number of sulfonamides is 1. The first-order valence-electron chi connectivity index (χ1n) is 13.8. The number of fused-ring (bicyclic) bond motifs is 5. The van der Waals surface area contributed by atoms with Crippen LogP contribution in [0, 0.1) is 0 Å². The zero-order valence-electron chi connectivity index (χ0n) is 23.2. The van der Waals surface area contributed by atoms with Gasteiger partial charge in [-0.05, 0) is 66.8 Å². The molecular formula is C30H30N6O5S. The lowest BCUT2D eigenvalue weighted by atomic mass is 9.72. The molecule has 3 aromatic carbocycles. The molecule has 11 nitrogen and oxygen atoms in total. The van der Waals surface area contributed by atoms with Crippen LogP contribution in [-0.2, 0) is 25.0 Å². The second kappa shape index (κ2) is 10.4. The quantitative estimate of drug-likeness (QED) is 0.170. The highest BCUT2D eigenvalue weighted by Crippen LogP contribution is 2.59. The van der Waals surface area contributed by atoms with E-state index in [1.165, 1.54) is 26.2 Å². The Morgan fingerprint density at radius 3 is 2.40 bits per heavy atom. The van der Waals surface area contributed by atoms with Crippen LogP contribution in [0.5, 0.6) is 5.75 Å². The first-order valence-corrected chi connectivity index (χ1v) is 15.2. The number of likely N-dealkylation sites (N-methyl/N-ethyl adjacent to an activating group) is 1. The van der Waals surface area contributed by atoms with Crippen LogP contribution in [0.1, 0.15) is 30.9 Å². The van der Waals surface area contributed by atoms with Crippen molar-refractivity contribution < 1.29 is 22.7 Å². The monoisotopic (exact) mass is 586 g/mol. The predicted molar refractivity (Wildman–Crippen MR) is 155 cm³/mol. The van der Waals surface area contributed by atoms with Crippen LogP contribution in [-0.4, -0.2) is 68.5 Å². The highest BCUT2D eigenvalue weighted by atomic mass is 32.2. The third-order valence-corrected chi connectivity index (χ3v) is 10.4. The van der Waals surface area contributed by atoms with Gasteiger partial charge in [0.15, 0.2) is 0 Å². The number of azide groups is 1. The van der Waals surface area contributed by atoms with E-state index in [1.54, 1.807) is 56.4 Å². The minimum Gasteiger partial charge on any atom is -0.494 e. The molecule has 2 saturated heterocycles. The number of hydrogen-bond donors (Lipinski definition) is 0. The predicted octanol–water partition coefficient (Wildman–Crippen LogP) is 4.05. The first-order chi connectivity index (χ1) is 20.2. The number of nitrogens with zero attached hydrogens (tertiary/aromatic N) is 6. The van der Waals surface area contributed by atoms with Gasteiger partial charge < -0.3 is 14.5 Å². The van der Waals surface area contributed by atoms with Crippen LogP contribution in [0.25, 0.3) is 10.4 Å². The van der Waals surface area contributed by atoms with Gasteiger partial charge in [0.25, 0.3) is 10.0 Å². The molecule has 3 aromatic rings. The summed E-state index contributed by atoms with van der Waals surface area (Å²) in [5.41, 5.74) is 9.44. The molecular weight excluding hydrogens is 556 g/mol. The third kappa shape index (κ3) is 4.01. The largest absolute Gasteiger partial charge is 0.494 e. The SMILES string of the molecule is C[C@H]1C(=O)N2[C@@H](C[C@]3(c4ccc(OCCCN=[N+]=[N-])cc4)c4ccccc4N(S(=O)(=O)c4ccccc4)[C@H]23)C(=O)N1C. The van der Waals surface area contributed by atoms with E-state index in [0.29, 0.717) is 31.0 Å². The van der Waals surface area contributed by atoms with Gasteiger partial charge in [-0.15, -0.1) is 0 Å². The van der Waals surface area contributed by atoms with E-state index in [2.05, 4.69) is 10.0 Å². The minimum atomic E-state index is -4.15. The molecule has 2 amide bonds. The Hall–Kier alpha value is -4.54. The molecule has 12 heteroatoms. The van der Waals surface area contributed by atoms with Gasteiger partial charge in [-0.1, -0.05) is 53.6 Å². The first kappa shape index (κ1) is 27.6. The molecule has 0 aliphatic carbocycles. The Bertz CT molecular complexity index is 1690. The average molecular weight is 587 g/mol. The molecule has 0 spiro atoms. The summed E-state index contributed by atoms with van der Waals surface area (Å²) in [6.45, 7) is 2.36. The number of rotatable bonds is 8. The van der Waals surface area contributed by atoms with E-state index < -0.39 is 33.7 Å². The van der Waals surface area contributed by atoms with E-state index >= 15 is 0 Å². The summed E-state index contributed by atoms with van der Waals surface area (Å²) in [4.78, 5) is 33.4. The van der Waals surface area contributed by atoms with Gasteiger partial charge in [0.05, 0.1) is 22.6 Å². The summed E-state index contributed by atoms with van der Waals surface area (Å²) < 4.78 is 36.0. The fourth-order valence-corrected chi connectivity index (χ4v) is 8.24. The lowest BCUT2D eigenvalue weighted by Crippen LogP contribution is -2.65. The van der Waals surface area contributed by atoms with Crippen molar-refractivity contribution in [2.75, 3.05) is 24.5 Å². The molecule has 216 valence electrons. The molecule has 0 bridgehead atoms. The summed E-state index contributed by atoms with van der Waals surface area (Å²) in [6.07, 6.45) is -0.207. The molecule has 3 aliphatic heterocycles. The van der Waals surface area contributed by atoms with Gasteiger partial charge in [0, 0.05) is 18.5 Å². The van der Waals surface area contributed by atoms with Gasteiger partial charge in [-0.25, -0.2) is 12.7 Å². The molecule has 2 fully saturated rings. The van der Waals surface area contributed by atoms with E-state index in [4.69, 9.17) is 10.3 Å². The normalized spacial score (nSPS) is 24.6. The van der Waals surface area contributed by atoms with Crippen molar-refractivity contribution in [1.29, 1.82) is 0 Å². The number of anilines is 1. The molecule has 4 atom stereocenters. The number of amides is 2. The Morgan fingerprint density at radius 2 is 1.69 bits per heavy atom. The Labute approximate surface area is 244 Å². The number of ether oxygens (including phenoxy) is 1. The van der Waals surface area contributed by atoms with E-state index in [1.807, 2.05) is 24.3 Å². The number of piperazine rings is 1. The average Bonchev–Trinajstić information content (AvgIpc) is 3.51. The second-order valence-corrected chi connectivity index (χ2v) is 12.6. The van der Waals surface area contributed by atoms with E-state index in [9.17, 15) is 18.0 Å². The van der Waals surface area contributed by atoms with Crippen molar-refractivity contribution in [2.24, 2.45) is 5.11 Å². The highest BCUT2D eigenvalue weighted by molar-refractivity contribution is 7.92. The maximum atomic E-state index is 14.4. The Balaban J connectivity index is 1.51. The van der Waals surface area contributed by atoms with Crippen LogP contribution in [0.4, 0.5) is 5.69 Å². The van der Waals surface area contributed by atoms with Gasteiger partial charge in [-0.2, -0.15) is 0 Å². The van der Waals surface area contributed by atoms with Gasteiger partial charge in [-0.3, -0.25) is 9.59 Å². The molecule has 0 aromatic heterocycles. The summed E-state index contributed by atoms with van der Waals surface area (Å²) in [5, 5.41) is 3.52. The lowest BCUT2D eigenvalue weighted by molar-refractivity contribution is -0.158. The summed E-state index contributed by atoms with van der Waals surface area (Å²) >= 11 is 0. The zero-order valence-corrected chi connectivity index (χ0v) is 24.0. The third-order valence-electron chi connectivity index (χ3n) is 8.63. The topological polar surface area (TPSA) is 136 Å². The molecule has 0 saturated carbocycles. The second-order valence-electron chi connectivity index (χ2n) is 10.7. The minimum absolute atomic E-state index is 0.101. The lowest BCUT2D eigenvalue weighted by Gasteiger charge is -2.44. The fourth-order valence-electron chi connectivity index (χ4n) is 6.55. The Kier molecular flexibility index (Phi) is 6.83. The number of benzene rings is 3. The van der Waals surface area contributed by atoms with E-state index in [-0.39, 0.29) is 23.1 Å². The van der Waals surface area contributed by atoms with Gasteiger partial charge >= 0.3 is 0 Å². The molecule has 0 radical (unpaired) electrons. The number of hydrogen-bond acceptors (Lipinski definition) is 6. The van der Waals surface area contributed by atoms with Crippen molar-refractivity contribution in [3.63, 3.8) is 0 Å². The molecule has 3 aliphatic rings. The van der Waals surface area contributed by atoms with Crippen LogP contribution in [0.15, 0.2) is 88.9 Å². The van der Waals surface area contributed by atoms with Crippen molar-refractivity contribution in [2.45, 2.75) is 48.3 Å². The fraction of sp³-hybridized carbons (Fsp3) is 0.333. The Morgan fingerprint density at radius 1 is 1.00 bits per heavy atom. The molecule has 3 heterocycles. The number of carbonyl (C=O) groups is 2. The van der Waals surface area contributed by atoms with Gasteiger partial charge in [0.2, 0.25) is 11.8 Å². The molecule has 6 rings (SSSR count). The smallest absolute Gasteiger partial charge is 0.266 e. The van der Waals surface area contributed by atoms with Gasteiger partial charge in [0.1, 0.15) is 24.0 Å². The standard InChI is InChI=1S/C30H30N6O5S/c1-20-27(37)35-26(28(38)34(20)2)19-30(21-13-15-22(16-14-21)41-18-8-17-32-33-31)24-11-6-7-12-25(24)36(29(30)35)42(39,40)23-9-4-3-5-10-23/h3-7,9-16,20,26,29H,8,17-19H2,1-2H3/t20-,26-,29-,30-/m0/s1. The number of carbonyl (C=O) groups excluding carboxylic acids is 2. The molecule has 0 unspecified atom stereocenters. The van der Waals surface area contributed by atoms with Crippen LogP contribution in [0.3, 0.4) is 0 Å². The van der Waals surface area contributed by atoms with Crippen molar-refractivity contribution in [3.8, 4) is 5.75 Å². The summed E-state index contributed by atoms with van der Waals surface area (Å²) in [6, 6.07) is 21.3. The van der Waals surface area contributed by atoms with Crippen LogP contribution >= 0.6 is 0 Å². The molecule has 0 N–H and O–H groups in total. The summed E-state index contributed by atoms with van der Waals surface area (Å²) in [5.74, 6) is 0.0873. The van der Waals surface area contributed by atoms with Crippen LogP contribution < -0.4 is 9.04 Å². The van der Waals surface area contributed by atoms with E-state index in [0.717, 1.165) is 11.1 Å².